The molecule has 19 heavy (non-hydrogen) atoms. The Kier molecular flexibility index (Phi) is 5.79. The van der Waals surface area contributed by atoms with Crippen LogP contribution in [0.4, 0.5) is 0 Å². The Morgan fingerprint density at radius 3 is 2.68 bits per heavy atom. The lowest BCUT2D eigenvalue weighted by atomic mass is 10.0. The molecule has 0 spiro atoms. The molecule has 0 aliphatic heterocycles. The molecule has 0 aliphatic rings. The monoisotopic (exact) mass is 266 g/mol. The molecule has 1 amide bonds. The quantitative estimate of drug-likeness (QED) is 0.682. The average molecular weight is 266 g/mol. The van der Waals surface area contributed by atoms with Gasteiger partial charge in [-0.2, -0.15) is 0 Å². The van der Waals surface area contributed by atoms with Crippen molar-refractivity contribution in [2.45, 2.75) is 26.0 Å². The molecule has 2 unspecified atom stereocenters. The SMILES string of the molecule is COc1cccc(C(O)CNC(C(N)=O)C(C)C)c1. The van der Waals surface area contributed by atoms with Crippen LogP contribution in [0.2, 0.25) is 0 Å². The molecule has 1 aromatic carbocycles. The van der Waals surface area contributed by atoms with Crippen LogP contribution in [0.3, 0.4) is 0 Å². The number of benzene rings is 1. The van der Waals surface area contributed by atoms with E-state index in [2.05, 4.69) is 5.32 Å². The Labute approximate surface area is 113 Å². The van der Waals surface area contributed by atoms with Gasteiger partial charge in [-0.3, -0.25) is 4.79 Å². The van der Waals surface area contributed by atoms with E-state index in [1.165, 1.54) is 0 Å². The van der Waals surface area contributed by atoms with Crippen molar-refractivity contribution in [3.63, 3.8) is 0 Å². The Balaban J connectivity index is 2.63. The summed E-state index contributed by atoms with van der Waals surface area (Å²) >= 11 is 0. The van der Waals surface area contributed by atoms with Gasteiger partial charge in [0.15, 0.2) is 0 Å². The first kappa shape index (κ1) is 15.5. The number of primary amides is 1. The Hall–Kier alpha value is -1.59. The van der Waals surface area contributed by atoms with E-state index in [1.54, 1.807) is 13.2 Å². The number of aliphatic hydroxyl groups excluding tert-OH is 1. The fourth-order valence-corrected chi connectivity index (χ4v) is 1.87. The Morgan fingerprint density at radius 2 is 2.16 bits per heavy atom. The highest BCUT2D eigenvalue weighted by atomic mass is 16.5. The molecule has 0 saturated heterocycles. The zero-order valence-corrected chi connectivity index (χ0v) is 11.6. The second-order valence-electron chi connectivity index (χ2n) is 4.82. The number of hydrogen-bond acceptors (Lipinski definition) is 4. The van der Waals surface area contributed by atoms with Crippen LogP contribution in [-0.2, 0) is 4.79 Å². The van der Waals surface area contributed by atoms with E-state index in [0.29, 0.717) is 5.75 Å². The summed E-state index contributed by atoms with van der Waals surface area (Å²) in [6.45, 7) is 4.07. The summed E-state index contributed by atoms with van der Waals surface area (Å²) in [5, 5.41) is 13.1. The first-order chi connectivity index (χ1) is 8.95. The summed E-state index contributed by atoms with van der Waals surface area (Å²) in [7, 11) is 1.58. The Bertz CT molecular complexity index is 421. The van der Waals surface area contributed by atoms with Crippen LogP contribution in [0.25, 0.3) is 0 Å². The van der Waals surface area contributed by atoms with E-state index >= 15 is 0 Å². The number of rotatable bonds is 7. The summed E-state index contributed by atoms with van der Waals surface area (Å²) in [6.07, 6.45) is -0.712. The van der Waals surface area contributed by atoms with Gasteiger partial charge in [0.1, 0.15) is 5.75 Å². The number of hydrogen-bond donors (Lipinski definition) is 3. The molecule has 5 heteroatoms. The average Bonchev–Trinajstić information content (AvgIpc) is 2.38. The molecule has 0 fully saturated rings. The maximum absolute atomic E-state index is 11.2. The highest BCUT2D eigenvalue weighted by Gasteiger charge is 2.20. The molecule has 106 valence electrons. The number of nitrogens with one attached hydrogen (secondary N) is 1. The Morgan fingerprint density at radius 1 is 1.47 bits per heavy atom. The van der Waals surface area contributed by atoms with E-state index in [1.807, 2.05) is 32.0 Å². The maximum atomic E-state index is 11.2. The first-order valence-corrected chi connectivity index (χ1v) is 6.30. The summed E-state index contributed by atoms with van der Waals surface area (Å²) in [5.41, 5.74) is 6.04. The van der Waals surface area contributed by atoms with E-state index in [9.17, 15) is 9.90 Å². The number of aliphatic hydroxyl groups is 1. The van der Waals surface area contributed by atoms with Crippen molar-refractivity contribution in [1.29, 1.82) is 0 Å². The predicted octanol–water partition coefficient (Wildman–Crippen LogP) is 0.828. The van der Waals surface area contributed by atoms with Gasteiger partial charge in [0.05, 0.1) is 19.3 Å². The molecule has 4 N–H and O–H groups in total. The van der Waals surface area contributed by atoms with Gasteiger partial charge in [0.2, 0.25) is 5.91 Å². The fraction of sp³-hybridized carbons (Fsp3) is 0.500. The van der Waals surface area contributed by atoms with Gasteiger partial charge in [-0.15, -0.1) is 0 Å². The zero-order chi connectivity index (χ0) is 14.4. The molecule has 0 heterocycles. The highest BCUT2D eigenvalue weighted by molar-refractivity contribution is 5.80. The molecule has 1 aromatic rings. The topological polar surface area (TPSA) is 84.6 Å². The van der Waals surface area contributed by atoms with Gasteiger partial charge in [-0.05, 0) is 23.6 Å². The second-order valence-corrected chi connectivity index (χ2v) is 4.82. The van der Waals surface area contributed by atoms with Gasteiger partial charge in [-0.25, -0.2) is 0 Å². The van der Waals surface area contributed by atoms with Crippen molar-refractivity contribution >= 4 is 5.91 Å². The van der Waals surface area contributed by atoms with E-state index in [-0.39, 0.29) is 12.5 Å². The minimum Gasteiger partial charge on any atom is -0.497 e. The molecule has 0 aromatic heterocycles. The summed E-state index contributed by atoms with van der Waals surface area (Å²) in [5.74, 6) is 0.356. The van der Waals surface area contributed by atoms with Gasteiger partial charge in [0, 0.05) is 6.54 Å². The lowest BCUT2D eigenvalue weighted by Crippen LogP contribution is -2.46. The maximum Gasteiger partial charge on any atom is 0.234 e. The number of nitrogens with two attached hydrogens (primary N) is 1. The molecule has 1 rings (SSSR count). The van der Waals surface area contributed by atoms with Crippen molar-refractivity contribution in [2.75, 3.05) is 13.7 Å². The number of carbonyl (C=O) groups is 1. The van der Waals surface area contributed by atoms with Crippen molar-refractivity contribution in [3.05, 3.63) is 29.8 Å². The van der Waals surface area contributed by atoms with Crippen LogP contribution in [0, 0.1) is 5.92 Å². The zero-order valence-electron chi connectivity index (χ0n) is 11.6. The molecule has 0 saturated carbocycles. The summed E-state index contributed by atoms with van der Waals surface area (Å²) < 4.78 is 5.10. The minimum atomic E-state index is -0.712. The van der Waals surface area contributed by atoms with E-state index < -0.39 is 18.1 Å². The first-order valence-electron chi connectivity index (χ1n) is 6.30. The molecule has 0 bridgehead atoms. The molecular formula is C14H22N2O3. The molecule has 0 aliphatic carbocycles. The third kappa shape index (κ3) is 4.54. The van der Waals surface area contributed by atoms with E-state index in [4.69, 9.17) is 10.5 Å². The smallest absolute Gasteiger partial charge is 0.234 e. The standard InChI is InChI=1S/C14H22N2O3/c1-9(2)13(14(15)18)16-8-12(17)10-5-4-6-11(7-10)19-3/h4-7,9,12-13,16-17H,8H2,1-3H3,(H2,15,18). The predicted molar refractivity (Wildman–Crippen MR) is 73.8 cm³/mol. The minimum absolute atomic E-state index is 0.0787. The van der Waals surface area contributed by atoms with Gasteiger partial charge < -0.3 is 20.9 Å². The summed E-state index contributed by atoms with van der Waals surface area (Å²) in [6, 6.07) is 6.75. The molecule has 0 radical (unpaired) electrons. The van der Waals surface area contributed by atoms with Gasteiger partial charge in [0.25, 0.3) is 0 Å². The normalized spacial score (nSPS) is 14.2. The van der Waals surface area contributed by atoms with Crippen LogP contribution in [0.1, 0.15) is 25.5 Å². The lowest BCUT2D eigenvalue weighted by molar-refractivity contribution is -0.121. The summed E-state index contributed by atoms with van der Waals surface area (Å²) in [4.78, 5) is 11.2. The van der Waals surface area contributed by atoms with E-state index in [0.717, 1.165) is 5.56 Å². The number of ether oxygens (including phenoxy) is 1. The van der Waals surface area contributed by atoms with Gasteiger partial charge in [-0.1, -0.05) is 26.0 Å². The van der Waals surface area contributed by atoms with Crippen LogP contribution < -0.4 is 15.8 Å². The van der Waals surface area contributed by atoms with Crippen LogP contribution >= 0.6 is 0 Å². The van der Waals surface area contributed by atoms with Crippen LogP contribution in [-0.4, -0.2) is 30.7 Å². The second kappa shape index (κ2) is 7.11. The van der Waals surface area contributed by atoms with Crippen LogP contribution in [0.15, 0.2) is 24.3 Å². The molecular weight excluding hydrogens is 244 g/mol. The van der Waals surface area contributed by atoms with Crippen molar-refractivity contribution < 1.29 is 14.6 Å². The number of carbonyl (C=O) groups excluding carboxylic acids is 1. The molecule has 2 atom stereocenters. The van der Waals surface area contributed by atoms with Gasteiger partial charge >= 0.3 is 0 Å². The highest BCUT2D eigenvalue weighted by Crippen LogP contribution is 2.18. The lowest BCUT2D eigenvalue weighted by Gasteiger charge is -2.21. The van der Waals surface area contributed by atoms with Crippen LogP contribution in [0.5, 0.6) is 5.75 Å². The van der Waals surface area contributed by atoms with Crippen molar-refractivity contribution in [2.24, 2.45) is 11.7 Å². The molecule has 5 nitrogen and oxygen atoms in total. The number of amides is 1. The van der Waals surface area contributed by atoms with Crippen molar-refractivity contribution in [1.82, 2.24) is 5.32 Å². The number of methoxy groups -OCH3 is 1. The largest absolute Gasteiger partial charge is 0.497 e. The third-order valence-corrected chi connectivity index (χ3v) is 2.98. The van der Waals surface area contributed by atoms with Crippen molar-refractivity contribution in [3.8, 4) is 5.75 Å². The fourth-order valence-electron chi connectivity index (χ4n) is 1.87. The third-order valence-electron chi connectivity index (χ3n) is 2.98.